The summed E-state index contributed by atoms with van der Waals surface area (Å²) in [6.45, 7) is 0. The van der Waals surface area contributed by atoms with Crippen LogP contribution in [0.4, 0.5) is 5.69 Å². The Morgan fingerprint density at radius 2 is 1.92 bits per heavy atom. The van der Waals surface area contributed by atoms with Gasteiger partial charge in [0.15, 0.2) is 0 Å². The van der Waals surface area contributed by atoms with Crippen LogP contribution in [-0.2, 0) is 0 Å². The summed E-state index contributed by atoms with van der Waals surface area (Å²) in [6.07, 6.45) is 0. The third kappa shape index (κ3) is 4.09. The number of hydrogen-bond donors (Lipinski definition) is 3. The topological polar surface area (TPSA) is 62.4 Å². The number of nitrogens with one attached hydrogen (secondary N) is 2. The van der Waals surface area contributed by atoms with Crippen LogP contribution >= 0.6 is 24.0 Å². The highest BCUT2D eigenvalue weighted by Crippen LogP contribution is 2.03. The second-order valence-corrected chi connectivity index (χ2v) is 2.21. The number of rotatable bonds is 1. The molecule has 0 aliphatic carbocycles. The lowest BCUT2D eigenvalue weighted by molar-refractivity contribution is 1.01. The Balaban J connectivity index is 0.00000144. The molecule has 1 aromatic rings. The molecule has 0 bridgehead atoms. The van der Waals surface area contributed by atoms with Crippen molar-refractivity contribution in [1.82, 2.24) is 5.43 Å². The Hall–Kier alpha value is -0.820. The van der Waals surface area contributed by atoms with Crippen LogP contribution in [0.15, 0.2) is 35.3 Å². The average Bonchev–Trinajstić information content (AvgIpc) is 2.16. The van der Waals surface area contributed by atoms with Crippen molar-refractivity contribution in [2.24, 2.45) is 10.8 Å². The van der Waals surface area contributed by atoms with Gasteiger partial charge in [-0.1, -0.05) is 18.2 Å². The minimum absolute atomic E-state index is 0. The highest BCUT2D eigenvalue weighted by Gasteiger charge is 1.93. The Morgan fingerprint density at radius 1 is 1.31 bits per heavy atom. The van der Waals surface area contributed by atoms with Gasteiger partial charge in [-0.15, -0.1) is 24.0 Å². The van der Waals surface area contributed by atoms with Gasteiger partial charge in [-0.2, -0.15) is 0 Å². The molecule has 13 heavy (non-hydrogen) atoms. The molecular weight excluding hydrogens is 279 g/mol. The first-order valence-electron chi connectivity index (χ1n) is 3.62. The van der Waals surface area contributed by atoms with Crippen molar-refractivity contribution in [3.05, 3.63) is 30.3 Å². The highest BCUT2D eigenvalue weighted by atomic mass is 127. The maximum atomic E-state index is 5.19. The van der Waals surface area contributed by atoms with E-state index in [0.717, 1.165) is 5.69 Å². The zero-order valence-corrected chi connectivity index (χ0v) is 9.65. The highest BCUT2D eigenvalue weighted by molar-refractivity contribution is 14.0. The molecular formula is C8H13IN4. The summed E-state index contributed by atoms with van der Waals surface area (Å²) >= 11 is 0. The number of hydrazine groups is 1. The normalized spacial score (nSPS) is 10.2. The van der Waals surface area contributed by atoms with Gasteiger partial charge in [-0.25, -0.2) is 5.84 Å². The SMILES string of the molecule is CN=C(NN)Nc1ccccc1.I. The number of halogens is 1. The van der Waals surface area contributed by atoms with Crippen molar-refractivity contribution in [2.45, 2.75) is 0 Å². The van der Waals surface area contributed by atoms with Gasteiger partial charge in [0.2, 0.25) is 5.96 Å². The zero-order chi connectivity index (χ0) is 8.81. The molecule has 0 unspecified atom stereocenters. The maximum absolute atomic E-state index is 5.19. The van der Waals surface area contributed by atoms with Crippen LogP contribution in [0.3, 0.4) is 0 Å². The number of benzene rings is 1. The Morgan fingerprint density at radius 3 is 2.38 bits per heavy atom. The van der Waals surface area contributed by atoms with E-state index >= 15 is 0 Å². The van der Waals surface area contributed by atoms with Crippen LogP contribution in [0.25, 0.3) is 0 Å². The number of para-hydroxylation sites is 1. The summed E-state index contributed by atoms with van der Waals surface area (Å²) in [5.74, 6) is 5.73. The van der Waals surface area contributed by atoms with E-state index in [1.165, 1.54) is 0 Å². The van der Waals surface area contributed by atoms with Gasteiger partial charge in [0.25, 0.3) is 0 Å². The number of aliphatic imine (C=N–C) groups is 1. The lowest BCUT2D eigenvalue weighted by atomic mass is 10.3. The third-order valence-electron chi connectivity index (χ3n) is 1.40. The molecule has 0 aliphatic rings. The molecule has 0 spiro atoms. The summed E-state index contributed by atoms with van der Waals surface area (Å²) in [4.78, 5) is 3.87. The van der Waals surface area contributed by atoms with Crippen LogP contribution in [0.2, 0.25) is 0 Å². The van der Waals surface area contributed by atoms with Crippen LogP contribution in [-0.4, -0.2) is 13.0 Å². The quantitative estimate of drug-likeness (QED) is 0.239. The summed E-state index contributed by atoms with van der Waals surface area (Å²) in [7, 11) is 1.66. The van der Waals surface area contributed by atoms with Crippen molar-refractivity contribution < 1.29 is 0 Å². The first kappa shape index (κ1) is 12.2. The van der Waals surface area contributed by atoms with E-state index in [4.69, 9.17) is 5.84 Å². The van der Waals surface area contributed by atoms with E-state index in [1.807, 2.05) is 30.3 Å². The van der Waals surface area contributed by atoms with Gasteiger partial charge in [-0.3, -0.25) is 10.4 Å². The molecule has 0 amide bonds. The molecule has 0 fully saturated rings. The van der Waals surface area contributed by atoms with E-state index in [2.05, 4.69) is 15.7 Å². The second kappa shape index (κ2) is 6.67. The molecule has 0 atom stereocenters. The van der Waals surface area contributed by atoms with E-state index in [0.29, 0.717) is 5.96 Å². The number of guanidine groups is 1. The predicted molar refractivity (Wildman–Crippen MR) is 66.2 cm³/mol. The summed E-state index contributed by atoms with van der Waals surface area (Å²) in [5, 5.41) is 2.99. The number of anilines is 1. The Kier molecular flexibility index (Phi) is 6.25. The lowest BCUT2D eigenvalue weighted by Gasteiger charge is -2.06. The minimum atomic E-state index is 0. The van der Waals surface area contributed by atoms with E-state index in [1.54, 1.807) is 7.05 Å². The molecule has 0 saturated carbocycles. The van der Waals surface area contributed by atoms with Gasteiger partial charge in [0.05, 0.1) is 0 Å². The van der Waals surface area contributed by atoms with Crippen molar-refractivity contribution in [3.8, 4) is 0 Å². The number of nitrogens with zero attached hydrogens (tertiary/aromatic N) is 1. The molecule has 1 rings (SSSR count). The van der Waals surface area contributed by atoms with Gasteiger partial charge < -0.3 is 5.32 Å². The molecule has 4 N–H and O–H groups in total. The molecule has 0 aliphatic heterocycles. The van der Waals surface area contributed by atoms with Gasteiger partial charge in [0.1, 0.15) is 0 Å². The molecule has 72 valence electrons. The third-order valence-corrected chi connectivity index (χ3v) is 1.40. The summed E-state index contributed by atoms with van der Waals surface area (Å²) in [6, 6.07) is 9.69. The molecule has 4 nitrogen and oxygen atoms in total. The monoisotopic (exact) mass is 292 g/mol. The standard InChI is InChI=1S/C8H12N4.HI/c1-10-8(12-9)11-7-5-3-2-4-6-7;/h2-6H,9H2,1H3,(H2,10,11,12);1H. The van der Waals surface area contributed by atoms with Crippen molar-refractivity contribution in [3.63, 3.8) is 0 Å². The fourth-order valence-electron chi connectivity index (χ4n) is 0.815. The molecule has 0 saturated heterocycles. The molecule has 0 aromatic heterocycles. The van der Waals surface area contributed by atoms with Gasteiger partial charge in [-0.05, 0) is 12.1 Å². The Labute approximate surface area is 94.6 Å². The molecule has 5 heteroatoms. The van der Waals surface area contributed by atoms with Crippen LogP contribution in [0.5, 0.6) is 0 Å². The van der Waals surface area contributed by atoms with Crippen LogP contribution in [0, 0.1) is 0 Å². The fraction of sp³-hybridized carbons (Fsp3) is 0.125. The number of hydrogen-bond acceptors (Lipinski definition) is 2. The lowest BCUT2D eigenvalue weighted by Crippen LogP contribution is -2.35. The minimum Gasteiger partial charge on any atom is -0.325 e. The number of nitrogens with two attached hydrogens (primary N) is 1. The van der Waals surface area contributed by atoms with Crippen molar-refractivity contribution in [1.29, 1.82) is 0 Å². The molecule has 0 heterocycles. The largest absolute Gasteiger partial charge is 0.325 e. The average molecular weight is 292 g/mol. The maximum Gasteiger partial charge on any atom is 0.209 e. The fourth-order valence-corrected chi connectivity index (χ4v) is 0.815. The van der Waals surface area contributed by atoms with Gasteiger partial charge in [0, 0.05) is 12.7 Å². The van der Waals surface area contributed by atoms with Crippen molar-refractivity contribution in [2.75, 3.05) is 12.4 Å². The zero-order valence-electron chi connectivity index (χ0n) is 7.32. The second-order valence-electron chi connectivity index (χ2n) is 2.21. The summed E-state index contributed by atoms with van der Waals surface area (Å²) in [5.41, 5.74) is 3.39. The van der Waals surface area contributed by atoms with E-state index < -0.39 is 0 Å². The van der Waals surface area contributed by atoms with Gasteiger partial charge >= 0.3 is 0 Å². The van der Waals surface area contributed by atoms with Crippen LogP contribution in [0.1, 0.15) is 0 Å². The Bertz CT molecular complexity index is 260. The first-order chi connectivity index (χ1) is 5.86. The molecule has 0 radical (unpaired) electrons. The predicted octanol–water partition coefficient (Wildman–Crippen LogP) is 1.17. The molecule has 1 aromatic carbocycles. The first-order valence-corrected chi connectivity index (χ1v) is 3.62. The van der Waals surface area contributed by atoms with E-state index in [9.17, 15) is 0 Å². The van der Waals surface area contributed by atoms with Crippen molar-refractivity contribution >= 4 is 35.6 Å². The summed E-state index contributed by atoms with van der Waals surface area (Å²) < 4.78 is 0. The van der Waals surface area contributed by atoms with E-state index in [-0.39, 0.29) is 24.0 Å². The smallest absolute Gasteiger partial charge is 0.209 e. The van der Waals surface area contributed by atoms with Crippen LogP contribution < -0.4 is 16.6 Å².